The molecular formula is C59H78O9. The molecule has 368 valence electrons. The van der Waals surface area contributed by atoms with Gasteiger partial charge >= 0.3 is 17.9 Å². The molecule has 9 nitrogen and oxygen atoms in total. The maximum Gasteiger partial charge on any atom is 0.308 e. The first-order chi connectivity index (χ1) is 32.5. The molecule has 0 aliphatic rings. The minimum absolute atomic E-state index is 0.138. The average Bonchev–Trinajstić information content (AvgIpc) is 3.37. The number of carbonyl (C=O) groups is 3. The van der Waals surface area contributed by atoms with E-state index in [2.05, 4.69) is 52.0 Å². The van der Waals surface area contributed by atoms with Gasteiger partial charge in [0.25, 0.3) is 0 Å². The second-order valence-electron chi connectivity index (χ2n) is 14.8. The summed E-state index contributed by atoms with van der Waals surface area (Å²) in [6, 6.07) is 46.6. The smallest absolute Gasteiger partial charge is 0.308 e. The molecule has 0 radical (unpaired) electrons. The van der Waals surface area contributed by atoms with Crippen molar-refractivity contribution in [2.45, 2.75) is 115 Å². The van der Waals surface area contributed by atoms with Crippen molar-refractivity contribution in [3.05, 3.63) is 168 Å². The van der Waals surface area contributed by atoms with E-state index in [0.717, 1.165) is 39.5 Å². The van der Waals surface area contributed by atoms with Gasteiger partial charge in [0.15, 0.2) is 0 Å². The third kappa shape index (κ3) is 20.3. The minimum atomic E-state index is -0.313. The van der Waals surface area contributed by atoms with Crippen molar-refractivity contribution >= 4 is 17.9 Å². The molecule has 0 aromatic heterocycles. The van der Waals surface area contributed by atoms with Crippen molar-refractivity contribution in [1.29, 1.82) is 0 Å². The summed E-state index contributed by atoms with van der Waals surface area (Å²) in [6.45, 7) is 28.8. The summed E-state index contributed by atoms with van der Waals surface area (Å²) < 4.78 is 30.6. The number of hydrogen-bond donors (Lipinski definition) is 0. The summed E-state index contributed by atoms with van der Waals surface area (Å²) in [5.41, 5.74) is 6.58. The van der Waals surface area contributed by atoms with E-state index < -0.39 is 0 Å². The number of benzene rings is 6. The second kappa shape index (κ2) is 32.7. The lowest BCUT2D eigenvalue weighted by atomic mass is 9.78. The van der Waals surface area contributed by atoms with Gasteiger partial charge in [0.2, 0.25) is 0 Å². The van der Waals surface area contributed by atoms with Crippen LogP contribution in [0.15, 0.2) is 146 Å². The Hall–Kier alpha value is -6.87. The molecule has 6 rings (SSSR count). The fraction of sp³-hybridized carbons (Fsp3) is 0.339. The van der Waals surface area contributed by atoms with Crippen LogP contribution in [0.3, 0.4) is 0 Å². The van der Waals surface area contributed by atoms with Gasteiger partial charge in [-0.05, 0) is 106 Å². The summed E-state index contributed by atoms with van der Waals surface area (Å²) in [4.78, 5) is 32.7. The summed E-state index contributed by atoms with van der Waals surface area (Å²) >= 11 is 0. The summed E-state index contributed by atoms with van der Waals surface area (Å²) in [7, 11) is 4.96. The highest BCUT2D eigenvalue weighted by Crippen LogP contribution is 2.35. The highest BCUT2D eigenvalue weighted by Gasteiger charge is 2.24. The van der Waals surface area contributed by atoms with Crippen molar-refractivity contribution in [3.63, 3.8) is 0 Å². The Bertz CT molecular complexity index is 2160. The van der Waals surface area contributed by atoms with Gasteiger partial charge < -0.3 is 28.4 Å². The molecular weight excluding hydrogens is 853 g/mol. The van der Waals surface area contributed by atoms with Gasteiger partial charge in [-0.15, -0.1) is 0 Å². The lowest BCUT2D eigenvalue weighted by molar-refractivity contribution is -0.132. The molecule has 0 atom stereocenters. The van der Waals surface area contributed by atoms with Crippen LogP contribution in [0, 0.1) is 0 Å². The van der Waals surface area contributed by atoms with Crippen molar-refractivity contribution in [2.24, 2.45) is 0 Å². The van der Waals surface area contributed by atoms with Crippen LogP contribution in [-0.2, 0) is 25.2 Å². The normalized spacial score (nSPS) is 9.79. The van der Waals surface area contributed by atoms with Crippen LogP contribution in [0.5, 0.6) is 34.5 Å². The quantitative estimate of drug-likeness (QED) is 0.0927. The van der Waals surface area contributed by atoms with E-state index >= 15 is 0 Å². The molecule has 0 amide bonds. The number of ether oxygens (including phenoxy) is 6. The van der Waals surface area contributed by atoms with Crippen LogP contribution < -0.4 is 28.4 Å². The third-order valence-electron chi connectivity index (χ3n) is 9.84. The predicted octanol–water partition coefficient (Wildman–Crippen LogP) is 15.3. The molecule has 0 saturated heterocycles. The molecule has 0 unspecified atom stereocenters. The fourth-order valence-corrected chi connectivity index (χ4v) is 6.22. The Labute approximate surface area is 408 Å². The summed E-state index contributed by atoms with van der Waals surface area (Å²) in [6.07, 6.45) is 0. The Kier molecular flexibility index (Phi) is 29.4. The molecule has 0 heterocycles. The number of hydrogen-bond acceptors (Lipinski definition) is 9. The first-order valence-electron chi connectivity index (χ1n) is 23.4. The van der Waals surface area contributed by atoms with Gasteiger partial charge in [-0.2, -0.15) is 0 Å². The van der Waals surface area contributed by atoms with E-state index in [1.54, 1.807) is 33.5 Å². The largest absolute Gasteiger partial charge is 0.497 e. The lowest BCUT2D eigenvalue weighted by Crippen LogP contribution is -2.18. The summed E-state index contributed by atoms with van der Waals surface area (Å²) in [5, 5.41) is 0. The van der Waals surface area contributed by atoms with Crippen LogP contribution >= 0.6 is 0 Å². The number of esters is 3. The first kappa shape index (κ1) is 61.1. The average molecular weight is 931 g/mol. The van der Waals surface area contributed by atoms with Crippen LogP contribution in [0.4, 0.5) is 0 Å². The zero-order valence-electron chi connectivity index (χ0n) is 44.0. The standard InChI is InChI=1S/2C18H20O3.C15H14O3.4C2H6/c2*1-13(19)21-17-11-7-15(8-12-17)18(2,3)14-5-9-16(20-4)10-6-14;1-11(16)18-15-9-5-13(6-10-15)12-3-7-14(17-2)8-4-12;4*1-2/h2*5-12H,1-4H3;3-10H,1-2H3;4*1-2H3. The zero-order chi connectivity index (χ0) is 51.9. The van der Waals surface area contributed by atoms with Crippen LogP contribution in [0.1, 0.15) is 126 Å². The topological polar surface area (TPSA) is 107 Å². The van der Waals surface area contributed by atoms with E-state index in [9.17, 15) is 14.4 Å². The Morgan fingerprint density at radius 1 is 0.294 bits per heavy atom. The number of rotatable bonds is 11. The predicted molar refractivity (Wildman–Crippen MR) is 281 cm³/mol. The lowest BCUT2D eigenvalue weighted by Gasteiger charge is -2.26. The molecule has 6 aromatic carbocycles. The Morgan fingerprint density at radius 2 is 0.456 bits per heavy atom. The van der Waals surface area contributed by atoms with Crippen molar-refractivity contribution < 1.29 is 42.8 Å². The van der Waals surface area contributed by atoms with Gasteiger partial charge in [0, 0.05) is 31.6 Å². The van der Waals surface area contributed by atoms with Crippen LogP contribution in [-0.4, -0.2) is 39.2 Å². The first-order valence-corrected chi connectivity index (χ1v) is 23.4. The molecule has 6 aromatic rings. The van der Waals surface area contributed by atoms with Gasteiger partial charge in [0.1, 0.15) is 34.5 Å². The van der Waals surface area contributed by atoms with Gasteiger partial charge in [-0.1, -0.05) is 156 Å². The van der Waals surface area contributed by atoms with Gasteiger partial charge in [0.05, 0.1) is 21.3 Å². The molecule has 0 aliphatic carbocycles. The zero-order valence-corrected chi connectivity index (χ0v) is 44.0. The molecule has 0 aliphatic heterocycles. The molecule has 0 bridgehead atoms. The van der Waals surface area contributed by atoms with E-state index in [1.165, 1.54) is 31.9 Å². The molecule has 9 heteroatoms. The third-order valence-corrected chi connectivity index (χ3v) is 9.84. The number of carbonyl (C=O) groups excluding carboxylic acids is 3. The SMILES string of the molecule is CC.CC.CC.CC.COc1ccc(-c2ccc(OC(C)=O)cc2)cc1.COc1ccc(C(C)(C)c2ccc(OC(C)=O)cc2)cc1.COc1ccc(C(C)(C)c2ccc(OC(C)=O)cc2)cc1. The number of methoxy groups -OCH3 is 3. The van der Waals surface area contributed by atoms with Crippen molar-refractivity contribution in [2.75, 3.05) is 21.3 Å². The summed E-state index contributed by atoms with van der Waals surface area (Å²) in [5.74, 6) is 3.28. The fourth-order valence-electron chi connectivity index (χ4n) is 6.22. The van der Waals surface area contributed by atoms with Gasteiger partial charge in [-0.3, -0.25) is 14.4 Å². The van der Waals surface area contributed by atoms with Gasteiger partial charge in [-0.25, -0.2) is 0 Å². The highest BCUT2D eigenvalue weighted by atomic mass is 16.5. The molecule has 0 N–H and O–H groups in total. The maximum absolute atomic E-state index is 10.9. The van der Waals surface area contributed by atoms with E-state index in [-0.39, 0.29) is 28.7 Å². The molecule has 0 saturated carbocycles. The second-order valence-corrected chi connectivity index (χ2v) is 14.8. The van der Waals surface area contributed by atoms with Crippen molar-refractivity contribution in [3.8, 4) is 45.6 Å². The van der Waals surface area contributed by atoms with Crippen LogP contribution in [0.2, 0.25) is 0 Å². The Balaban J connectivity index is 0.000000922. The minimum Gasteiger partial charge on any atom is -0.497 e. The maximum atomic E-state index is 10.9. The monoisotopic (exact) mass is 931 g/mol. The van der Waals surface area contributed by atoms with E-state index in [4.69, 9.17) is 28.4 Å². The van der Waals surface area contributed by atoms with E-state index in [0.29, 0.717) is 17.2 Å². The molecule has 68 heavy (non-hydrogen) atoms. The molecule has 0 fully saturated rings. The van der Waals surface area contributed by atoms with Crippen molar-refractivity contribution in [1.82, 2.24) is 0 Å². The Morgan fingerprint density at radius 3 is 0.632 bits per heavy atom. The van der Waals surface area contributed by atoms with E-state index in [1.807, 2.05) is 165 Å². The molecule has 0 spiro atoms. The highest BCUT2D eigenvalue weighted by molar-refractivity contribution is 5.71. The van der Waals surface area contributed by atoms with Crippen LogP contribution in [0.25, 0.3) is 11.1 Å².